The number of oxazole rings is 1. The Morgan fingerprint density at radius 3 is 2.36 bits per heavy atom. The quantitative estimate of drug-likeness (QED) is 0.216. The lowest BCUT2D eigenvalue weighted by Crippen LogP contribution is -2.55. The highest BCUT2D eigenvalue weighted by atomic mass is 16.6. The number of ether oxygens (including phenoxy) is 2. The molecule has 0 aliphatic carbocycles. The van der Waals surface area contributed by atoms with Crippen molar-refractivity contribution in [3.05, 3.63) is 63.6 Å². The predicted molar refractivity (Wildman–Crippen MR) is 209 cm³/mol. The fraction of sp³-hybridized carbons (Fsp3) is 0.585. The molecular weight excluding hydrogens is 718 g/mol. The van der Waals surface area contributed by atoms with Crippen LogP contribution in [0.15, 0.2) is 45.6 Å². The minimum Gasteiger partial charge on any atom is -0.465 e. The van der Waals surface area contributed by atoms with Crippen LogP contribution >= 0.6 is 0 Å². The predicted octanol–water partition coefficient (Wildman–Crippen LogP) is 3.98. The van der Waals surface area contributed by atoms with Crippen molar-refractivity contribution in [1.82, 2.24) is 29.5 Å². The first kappa shape index (κ1) is 39.3. The molecule has 0 unspecified atom stereocenters. The number of amides is 4. The van der Waals surface area contributed by atoms with Crippen LogP contribution in [0.5, 0.6) is 0 Å². The van der Waals surface area contributed by atoms with Crippen molar-refractivity contribution >= 4 is 40.8 Å². The zero-order valence-corrected chi connectivity index (χ0v) is 32.6. The first-order valence-electron chi connectivity index (χ1n) is 20.3. The molecule has 0 spiro atoms. The molecule has 7 rings (SSSR count). The van der Waals surface area contributed by atoms with Gasteiger partial charge in [-0.15, -0.1) is 0 Å². The van der Waals surface area contributed by atoms with Crippen molar-refractivity contribution in [1.29, 1.82) is 0 Å². The molecule has 4 aliphatic heterocycles. The van der Waals surface area contributed by atoms with Gasteiger partial charge in [-0.2, -0.15) is 0 Å². The van der Waals surface area contributed by atoms with Gasteiger partial charge >= 0.3 is 23.8 Å². The molecule has 0 radical (unpaired) electrons. The summed E-state index contributed by atoms with van der Waals surface area (Å²) in [7, 11) is 0. The molecule has 302 valence electrons. The fourth-order valence-electron chi connectivity index (χ4n) is 8.60. The van der Waals surface area contributed by atoms with Crippen LogP contribution in [0.3, 0.4) is 0 Å². The second-order valence-electron chi connectivity index (χ2n) is 15.6. The minimum atomic E-state index is -1.07. The first-order valence-corrected chi connectivity index (χ1v) is 20.3. The van der Waals surface area contributed by atoms with Crippen molar-refractivity contribution in [2.24, 2.45) is 0 Å². The Labute approximate surface area is 327 Å². The summed E-state index contributed by atoms with van der Waals surface area (Å²) in [6.07, 6.45) is 3.93. The molecule has 2 aromatic carbocycles. The van der Waals surface area contributed by atoms with Gasteiger partial charge in [0.05, 0.1) is 18.7 Å². The smallest absolute Gasteiger partial charge is 0.417 e. The molecule has 5 heterocycles. The van der Waals surface area contributed by atoms with Crippen molar-refractivity contribution in [3.8, 4) is 0 Å². The number of aryl methyl sites for hydroxylation is 1. The highest BCUT2D eigenvalue weighted by molar-refractivity contribution is 5.91. The number of hydrogen-bond donors (Lipinski definition) is 2. The number of likely N-dealkylation sites (tertiary alicyclic amines) is 2. The molecule has 1 aromatic heterocycles. The van der Waals surface area contributed by atoms with Crippen LogP contribution in [0.1, 0.15) is 62.1 Å². The summed E-state index contributed by atoms with van der Waals surface area (Å²) in [5.41, 5.74) is 4.44. The van der Waals surface area contributed by atoms with E-state index >= 15 is 0 Å². The Bertz CT molecular complexity index is 1920. The van der Waals surface area contributed by atoms with Crippen LogP contribution < -0.4 is 11.1 Å². The number of carbonyl (C=O) groups is 4. The molecule has 0 bridgehead atoms. The van der Waals surface area contributed by atoms with Crippen molar-refractivity contribution in [3.63, 3.8) is 0 Å². The third-order valence-corrected chi connectivity index (χ3v) is 11.8. The van der Waals surface area contributed by atoms with Crippen molar-refractivity contribution in [2.45, 2.75) is 83.4 Å². The second-order valence-corrected chi connectivity index (χ2v) is 15.6. The highest BCUT2D eigenvalue weighted by Crippen LogP contribution is 2.27. The standard InChI is InChI=1S/C41H55N7O8/c1-3-4-23-54-36(49)27-44-19-21-45(22-20-44)31-10-14-46(15-11-31)38(50)35(26-29-24-28(2)37-34(25-29)55-40(52)43-37)56-41(53)47-16-12-32(13-17-47)48-18-9-30-7-5-6-8-33(30)42-39(48)51/h5-8,24-25,31-32,35H,3-4,9-23,26-27H2,1-2H3,(H,42,51)(H,43,52)/t35-/m1/s1. The molecular formula is C41H55N7O8. The SMILES string of the molecule is CCCCOC(=O)CN1CCN(C2CCN(C(=O)[C@@H](Cc3cc(C)c4[nH]c(=O)oc4c3)OC(=O)N3CCC(N4CCc5ccccc5NC4=O)CC3)CC2)CC1. The van der Waals surface area contributed by atoms with Gasteiger partial charge in [0.15, 0.2) is 11.7 Å². The van der Waals surface area contributed by atoms with Gasteiger partial charge in [0, 0.05) is 83.1 Å². The topological polar surface area (TPSA) is 161 Å². The Balaban J connectivity index is 0.954. The summed E-state index contributed by atoms with van der Waals surface area (Å²) in [6, 6.07) is 11.6. The number of H-pyrrole nitrogens is 1. The van der Waals surface area contributed by atoms with Gasteiger partial charge in [-0.05, 0) is 74.3 Å². The van der Waals surface area contributed by atoms with Gasteiger partial charge in [0.1, 0.15) is 0 Å². The van der Waals surface area contributed by atoms with E-state index < -0.39 is 18.0 Å². The summed E-state index contributed by atoms with van der Waals surface area (Å²) in [5, 5.41) is 3.04. The molecule has 56 heavy (non-hydrogen) atoms. The van der Waals surface area contributed by atoms with E-state index in [0.29, 0.717) is 75.9 Å². The summed E-state index contributed by atoms with van der Waals surface area (Å²) in [4.78, 5) is 78.0. The highest BCUT2D eigenvalue weighted by Gasteiger charge is 2.37. The number of carbonyl (C=O) groups excluding carboxylic acids is 4. The third-order valence-electron chi connectivity index (χ3n) is 11.8. The Morgan fingerprint density at radius 1 is 0.893 bits per heavy atom. The van der Waals surface area contributed by atoms with E-state index in [4.69, 9.17) is 13.9 Å². The fourth-order valence-corrected chi connectivity index (χ4v) is 8.60. The summed E-state index contributed by atoms with van der Waals surface area (Å²) < 4.78 is 16.8. The van der Waals surface area contributed by atoms with Gasteiger partial charge in [-0.3, -0.25) is 24.4 Å². The first-order chi connectivity index (χ1) is 27.1. The van der Waals surface area contributed by atoms with E-state index in [9.17, 15) is 24.0 Å². The largest absolute Gasteiger partial charge is 0.465 e. The normalized spacial score (nSPS) is 19.7. The lowest BCUT2D eigenvalue weighted by molar-refractivity contribution is -0.145. The van der Waals surface area contributed by atoms with Crippen LogP contribution in [0.25, 0.3) is 11.1 Å². The van der Waals surface area contributed by atoms with Crippen LogP contribution in [0.4, 0.5) is 15.3 Å². The van der Waals surface area contributed by atoms with Gasteiger partial charge in [0.2, 0.25) is 0 Å². The Kier molecular flexibility index (Phi) is 12.6. The maximum Gasteiger partial charge on any atom is 0.417 e. The molecule has 15 heteroatoms. The molecule has 1 atom stereocenters. The van der Waals surface area contributed by atoms with Gasteiger partial charge in [0.25, 0.3) is 5.91 Å². The number of piperazine rings is 1. The monoisotopic (exact) mass is 773 g/mol. The Hall–Kier alpha value is -4.89. The van der Waals surface area contributed by atoms with Gasteiger partial charge in [-0.25, -0.2) is 14.4 Å². The molecule has 2 N–H and O–H groups in total. The van der Waals surface area contributed by atoms with Crippen LogP contribution in [-0.4, -0.2) is 144 Å². The van der Waals surface area contributed by atoms with E-state index in [1.807, 2.05) is 42.2 Å². The maximum absolute atomic E-state index is 14.3. The molecule has 3 aromatic rings. The van der Waals surface area contributed by atoms with E-state index in [2.05, 4.69) is 27.0 Å². The number of aromatic amines is 1. The van der Waals surface area contributed by atoms with Crippen LogP contribution in [0.2, 0.25) is 0 Å². The maximum atomic E-state index is 14.3. The average Bonchev–Trinajstić information content (AvgIpc) is 3.50. The number of hydrogen-bond acceptors (Lipinski definition) is 10. The number of fused-ring (bicyclic) bond motifs is 2. The molecule has 15 nitrogen and oxygen atoms in total. The molecule has 0 saturated carbocycles. The van der Waals surface area contributed by atoms with Gasteiger partial charge in [-0.1, -0.05) is 37.6 Å². The van der Waals surface area contributed by atoms with E-state index in [1.54, 1.807) is 15.9 Å². The second kappa shape index (κ2) is 17.9. The zero-order chi connectivity index (χ0) is 39.2. The number of nitrogens with one attached hydrogen (secondary N) is 2. The summed E-state index contributed by atoms with van der Waals surface area (Å²) in [5.74, 6) is -0.967. The van der Waals surface area contributed by atoms with Crippen molar-refractivity contribution in [2.75, 3.05) is 77.4 Å². The number of unbranched alkanes of at least 4 members (excludes halogenated alkanes) is 1. The Morgan fingerprint density at radius 2 is 1.61 bits per heavy atom. The number of nitrogens with zero attached hydrogens (tertiary/aromatic N) is 5. The minimum absolute atomic E-state index is 0.0205. The van der Waals surface area contributed by atoms with Crippen LogP contribution in [0, 0.1) is 6.92 Å². The lowest BCUT2D eigenvalue weighted by Gasteiger charge is -2.43. The lowest BCUT2D eigenvalue weighted by atomic mass is 9.99. The molecule has 4 amide bonds. The van der Waals surface area contributed by atoms with Gasteiger partial charge < -0.3 is 33.9 Å². The van der Waals surface area contributed by atoms with E-state index in [0.717, 1.165) is 80.7 Å². The number of urea groups is 1. The summed E-state index contributed by atoms with van der Waals surface area (Å²) >= 11 is 0. The average molecular weight is 774 g/mol. The number of esters is 1. The van der Waals surface area contributed by atoms with Crippen LogP contribution in [-0.2, 0) is 31.9 Å². The van der Waals surface area contributed by atoms with E-state index in [-0.39, 0.29) is 30.4 Å². The number of rotatable bonds is 11. The molecule has 3 fully saturated rings. The zero-order valence-electron chi connectivity index (χ0n) is 32.6. The molecule has 4 aliphatic rings. The van der Waals surface area contributed by atoms with Crippen molar-refractivity contribution < 1.29 is 33.1 Å². The van der Waals surface area contributed by atoms with E-state index in [1.165, 1.54) is 0 Å². The number of para-hydroxylation sites is 1. The third kappa shape index (κ3) is 9.38. The number of piperidine rings is 2. The number of benzene rings is 2. The number of anilines is 1. The number of aromatic nitrogens is 1. The summed E-state index contributed by atoms with van der Waals surface area (Å²) in [6.45, 7) is 10.5. The molecule has 3 saturated heterocycles.